The Morgan fingerprint density at radius 2 is 2.04 bits per heavy atom. The summed E-state index contributed by atoms with van der Waals surface area (Å²) in [6.07, 6.45) is 0.822. The largest absolute Gasteiger partial charge is 0.444 e. The number of carbonyl (C=O) groups is 1. The van der Waals surface area contributed by atoms with E-state index >= 15 is 0 Å². The molecular weight excluding hydrogens is 328 g/mol. The van der Waals surface area contributed by atoms with Crippen LogP contribution in [-0.2, 0) is 4.74 Å². The fourth-order valence-corrected chi connectivity index (χ4v) is 3.05. The van der Waals surface area contributed by atoms with Crippen molar-refractivity contribution in [1.29, 1.82) is 0 Å². The molecule has 6 nitrogen and oxygen atoms in total. The van der Waals surface area contributed by atoms with E-state index in [2.05, 4.69) is 45.5 Å². The lowest BCUT2D eigenvalue weighted by molar-refractivity contribution is 0.0302. The topological polar surface area (TPSA) is 57.2 Å². The van der Waals surface area contributed by atoms with Crippen LogP contribution in [0.25, 0.3) is 0 Å². The zero-order valence-electron chi connectivity index (χ0n) is 16.7. The number of hydrogen-bond acceptors (Lipinski definition) is 3. The Labute approximate surface area is 157 Å². The average molecular weight is 361 g/mol. The molecule has 1 aromatic carbocycles. The van der Waals surface area contributed by atoms with E-state index in [1.165, 1.54) is 5.56 Å². The van der Waals surface area contributed by atoms with Crippen LogP contribution < -0.4 is 5.32 Å². The highest BCUT2D eigenvalue weighted by Gasteiger charge is 2.26. The number of amides is 1. The van der Waals surface area contributed by atoms with Crippen molar-refractivity contribution < 1.29 is 9.53 Å². The second-order valence-corrected chi connectivity index (χ2v) is 7.72. The van der Waals surface area contributed by atoms with E-state index in [0.717, 1.165) is 25.5 Å². The van der Waals surface area contributed by atoms with Crippen LogP contribution in [0.1, 0.15) is 38.7 Å². The van der Waals surface area contributed by atoms with E-state index in [1.54, 1.807) is 19.0 Å². The summed E-state index contributed by atoms with van der Waals surface area (Å²) in [7, 11) is 3.55. The van der Waals surface area contributed by atoms with Gasteiger partial charge in [-0.1, -0.05) is 30.3 Å². The highest BCUT2D eigenvalue weighted by Crippen LogP contribution is 2.26. The van der Waals surface area contributed by atoms with Gasteiger partial charge in [-0.2, -0.15) is 0 Å². The maximum Gasteiger partial charge on any atom is 0.410 e. The molecule has 1 amide bonds. The Balaban J connectivity index is 1.79. The molecule has 0 spiro atoms. The molecule has 0 aromatic heterocycles. The number of rotatable bonds is 4. The quantitative estimate of drug-likeness (QED) is 0.663. The zero-order chi connectivity index (χ0) is 19.2. The second kappa shape index (κ2) is 8.92. The number of carbonyl (C=O) groups excluding carboxylic acids is 1. The zero-order valence-corrected chi connectivity index (χ0v) is 16.7. The fraction of sp³-hybridized carbons (Fsp3) is 0.600. The van der Waals surface area contributed by atoms with Gasteiger partial charge in [0.1, 0.15) is 5.60 Å². The summed E-state index contributed by atoms with van der Waals surface area (Å²) < 4.78 is 5.36. The first kappa shape index (κ1) is 20.1. The van der Waals surface area contributed by atoms with Crippen molar-refractivity contribution in [2.75, 3.05) is 40.3 Å². The predicted octanol–water partition coefficient (Wildman–Crippen LogP) is 2.92. The van der Waals surface area contributed by atoms with Crippen LogP contribution in [0.15, 0.2) is 35.3 Å². The first-order chi connectivity index (χ1) is 12.3. The molecule has 1 atom stereocenters. The summed E-state index contributed by atoms with van der Waals surface area (Å²) in [5, 5.41) is 3.36. The van der Waals surface area contributed by atoms with Gasteiger partial charge in [-0.05, 0) is 32.8 Å². The van der Waals surface area contributed by atoms with Gasteiger partial charge in [0.25, 0.3) is 0 Å². The summed E-state index contributed by atoms with van der Waals surface area (Å²) in [6, 6.07) is 10.6. The lowest BCUT2D eigenvalue weighted by atomic mass is 9.99. The summed E-state index contributed by atoms with van der Waals surface area (Å²) in [6.45, 7) is 8.76. The van der Waals surface area contributed by atoms with E-state index in [4.69, 9.17) is 4.74 Å². The lowest BCUT2D eigenvalue weighted by Gasteiger charge is -2.26. The summed E-state index contributed by atoms with van der Waals surface area (Å²) in [5.41, 5.74) is 0.909. The maximum atomic E-state index is 12.0. The SMILES string of the molecule is CN=C(NCCN(C)C(=O)OC(C)(C)C)N1CCC(c2ccccc2)C1. The van der Waals surface area contributed by atoms with Gasteiger partial charge in [0.2, 0.25) is 0 Å². The number of aliphatic imine (C=N–C) groups is 1. The van der Waals surface area contributed by atoms with Crippen molar-refractivity contribution >= 4 is 12.1 Å². The van der Waals surface area contributed by atoms with Crippen molar-refractivity contribution in [2.45, 2.75) is 38.7 Å². The number of nitrogens with zero attached hydrogens (tertiary/aromatic N) is 3. The molecule has 26 heavy (non-hydrogen) atoms. The number of nitrogens with one attached hydrogen (secondary N) is 1. The van der Waals surface area contributed by atoms with Crippen LogP contribution in [0.4, 0.5) is 4.79 Å². The third-order valence-corrected chi connectivity index (χ3v) is 4.41. The molecule has 1 aromatic rings. The van der Waals surface area contributed by atoms with E-state index in [9.17, 15) is 4.79 Å². The number of likely N-dealkylation sites (tertiary alicyclic amines) is 1. The van der Waals surface area contributed by atoms with Crippen molar-refractivity contribution in [3.05, 3.63) is 35.9 Å². The monoisotopic (exact) mass is 360 g/mol. The fourth-order valence-electron chi connectivity index (χ4n) is 3.05. The number of likely N-dealkylation sites (N-methyl/N-ethyl adjacent to an activating group) is 1. The van der Waals surface area contributed by atoms with Gasteiger partial charge in [0, 0.05) is 46.2 Å². The third-order valence-electron chi connectivity index (χ3n) is 4.41. The third kappa shape index (κ3) is 5.93. The molecule has 1 heterocycles. The first-order valence-corrected chi connectivity index (χ1v) is 9.25. The van der Waals surface area contributed by atoms with Gasteiger partial charge in [-0.25, -0.2) is 4.79 Å². The molecular formula is C20H32N4O2. The molecule has 1 unspecified atom stereocenters. The molecule has 1 fully saturated rings. The van der Waals surface area contributed by atoms with Crippen LogP contribution in [-0.4, -0.2) is 67.7 Å². The van der Waals surface area contributed by atoms with Crippen LogP contribution >= 0.6 is 0 Å². The van der Waals surface area contributed by atoms with Crippen molar-refractivity contribution in [3.63, 3.8) is 0 Å². The molecule has 6 heteroatoms. The first-order valence-electron chi connectivity index (χ1n) is 9.25. The van der Waals surface area contributed by atoms with Gasteiger partial charge in [-0.3, -0.25) is 4.99 Å². The molecule has 1 aliphatic heterocycles. The number of hydrogen-bond donors (Lipinski definition) is 1. The lowest BCUT2D eigenvalue weighted by Crippen LogP contribution is -2.44. The van der Waals surface area contributed by atoms with Crippen molar-refractivity contribution in [3.8, 4) is 0 Å². The Hall–Kier alpha value is -2.24. The van der Waals surface area contributed by atoms with Gasteiger partial charge in [-0.15, -0.1) is 0 Å². The summed E-state index contributed by atoms with van der Waals surface area (Å²) >= 11 is 0. The van der Waals surface area contributed by atoms with Crippen LogP contribution in [0, 0.1) is 0 Å². The highest BCUT2D eigenvalue weighted by atomic mass is 16.6. The predicted molar refractivity (Wildman–Crippen MR) is 106 cm³/mol. The number of benzene rings is 1. The molecule has 144 valence electrons. The average Bonchev–Trinajstić information content (AvgIpc) is 3.07. The molecule has 0 bridgehead atoms. The second-order valence-electron chi connectivity index (χ2n) is 7.72. The molecule has 1 aliphatic rings. The molecule has 1 N–H and O–H groups in total. The Morgan fingerprint density at radius 1 is 1.35 bits per heavy atom. The Bertz CT molecular complexity index is 610. The van der Waals surface area contributed by atoms with E-state index in [-0.39, 0.29) is 6.09 Å². The smallest absolute Gasteiger partial charge is 0.410 e. The van der Waals surface area contributed by atoms with Gasteiger partial charge in [0.05, 0.1) is 0 Å². The Morgan fingerprint density at radius 3 is 2.65 bits per heavy atom. The van der Waals surface area contributed by atoms with E-state index in [0.29, 0.717) is 19.0 Å². The van der Waals surface area contributed by atoms with Crippen LogP contribution in [0.3, 0.4) is 0 Å². The normalized spacial score (nSPS) is 18.0. The van der Waals surface area contributed by atoms with Gasteiger partial charge < -0.3 is 19.9 Å². The van der Waals surface area contributed by atoms with Crippen molar-refractivity contribution in [2.24, 2.45) is 4.99 Å². The standard InChI is InChI=1S/C20H32N4O2/c1-20(2,3)26-19(25)23(5)14-12-22-18(21-4)24-13-11-17(15-24)16-9-7-6-8-10-16/h6-10,17H,11-15H2,1-5H3,(H,21,22). The molecule has 0 radical (unpaired) electrons. The van der Waals surface area contributed by atoms with Crippen LogP contribution in [0.2, 0.25) is 0 Å². The van der Waals surface area contributed by atoms with Crippen molar-refractivity contribution in [1.82, 2.24) is 15.1 Å². The number of guanidine groups is 1. The minimum absolute atomic E-state index is 0.306. The van der Waals surface area contributed by atoms with Gasteiger partial charge >= 0.3 is 6.09 Å². The van der Waals surface area contributed by atoms with Crippen LogP contribution in [0.5, 0.6) is 0 Å². The molecule has 0 aliphatic carbocycles. The number of ether oxygens (including phenoxy) is 1. The van der Waals surface area contributed by atoms with E-state index < -0.39 is 5.60 Å². The molecule has 2 rings (SSSR count). The Kier molecular flexibility index (Phi) is 6.89. The summed E-state index contributed by atoms with van der Waals surface area (Å²) in [4.78, 5) is 20.3. The van der Waals surface area contributed by atoms with Gasteiger partial charge in [0.15, 0.2) is 5.96 Å². The molecule has 0 saturated carbocycles. The van der Waals surface area contributed by atoms with E-state index in [1.807, 2.05) is 20.8 Å². The minimum atomic E-state index is -0.475. The minimum Gasteiger partial charge on any atom is -0.444 e. The summed E-state index contributed by atoms with van der Waals surface area (Å²) in [5.74, 6) is 1.43. The highest BCUT2D eigenvalue weighted by molar-refractivity contribution is 5.80. The maximum absolute atomic E-state index is 12.0. The molecule has 1 saturated heterocycles.